The van der Waals surface area contributed by atoms with E-state index < -0.39 is 11.7 Å². The van der Waals surface area contributed by atoms with Gasteiger partial charge in [0.1, 0.15) is 5.60 Å². The van der Waals surface area contributed by atoms with Crippen molar-refractivity contribution < 1.29 is 14.3 Å². The van der Waals surface area contributed by atoms with E-state index in [2.05, 4.69) is 34.8 Å². The number of urea groups is 1. The van der Waals surface area contributed by atoms with Crippen LogP contribution in [-0.2, 0) is 17.7 Å². The summed E-state index contributed by atoms with van der Waals surface area (Å²) in [6.07, 6.45) is 0.215. The molecule has 7 nitrogen and oxygen atoms in total. The zero-order valence-electron chi connectivity index (χ0n) is 17.7. The number of nitrogens with one attached hydrogen (secondary N) is 3. The predicted molar refractivity (Wildman–Crippen MR) is 116 cm³/mol. The molecule has 1 heterocycles. The van der Waals surface area contributed by atoms with Crippen LogP contribution in [0, 0.1) is 0 Å². The quantitative estimate of drug-likeness (QED) is 0.610. The molecule has 2 aromatic rings. The number of aromatic nitrogens is 1. The Bertz CT molecular complexity index is 827. The third kappa shape index (κ3) is 8.51. The van der Waals surface area contributed by atoms with Gasteiger partial charge in [-0.25, -0.2) is 14.6 Å². The molecule has 0 aliphatic carbocycles. The first-order chi connectivity index (χ1) is 13.6. The van der Waals surface area contributed by atoms with Crippen LogP contribution in [0.4, 0.5) is 15.3 Å². The van der Waals surface area contributed by atoms with Crippen LogP contribution in [0.2, 0.25) is 0 Å². The van der Waals surface area contributed by atoms with E-state index in [0.717, 1.165) is 16.3 Å². The van der Waals surface area contributed by atoms with Crippen LogP contribution in [0.3, 0.4) is 0 Å². The Morgan fingerprint density at radius 3 is 2.62 bits per heavy atom. The summed E-state index contributed by atoms with van der Waals surface area (Å²) in [4.78, 5) is 28.4. The molecule has 0 unspecified atom stereocenters. The zero-order valence-corrected chi connectivity index (χ0v) is 18.5. The highest BCUT2D eigenvalue weighted by Gasteiger charge is 2.15. The molecule has 29 heavy (non-hydrogen) atoms. The monoisotopic (exact) mass is 418 g/mol. The Labute approximate surface area is 176 Å². The van der Waals surface area contributed by atoms with Gasteiger partial charge >= 0.3 is 12.1 Å². The molecule has 3 N–H and O–H groups in total. The maximum atomic E-state index is 12.1. The molecule has 0 saturated heterocycles. The molecule has 0 bridgehead atoms. The number of carbonyl (C=O) groups excluding carboxylic acids is 2. The molecule has 0 spiro atoms. The lowest BCUT2D eigenvalue weighted by Crippen LogP contribution is -2.32. The smallest absolute Gasteiger partial charge is 0.407 e. The second-order valence-electron chi connectivity index (χ2n) is 8.02. The summed E-state index contributed by atoms with van der Waals surface area (Å²) >= 11 is 1.65. The van der Waals surface area contributed by atoms with E-state index >= 15 is 0 Å². The number of thiazole rings is 1. The first kappa shape index (κ1) is 22.7. The van der Waals surface area contributed by atoms with Crippen molar-refractivity contribution in [2.24, 2.45) is 0 Å². The van der Waals surface area contributed by atoms with Crippen molar-refractivity contribution in [3.05, 3.63) is 45.9 Å². The number of hydrogen-bond donors (Lipinski definition) is 3. The van der Waals surface area contributed by atoms with E-state index in [-0.39, 0.29) is 6.03 Å². The van der Waals surface area contributed by atoms with Crippen LogP contribution in [0.25, 0.3) is 0 Å². The number of hydrogen-bond acceptors (Lipinski definition) is 5. The maximum absolute atomic E-state index is 12.1. The van der Waals surface area contributed by atoms with Gasteiger partial charge in [-0.2, -0.15) is 0 Å². The first-order valence-electron chi connectivity index (χ1n) is 9.67. The molecular formula is C21H30N4O3S. The van der Waals surface area contributed by atoms with E-state index in [4.69, 9.17) is 4.74 Å². The van der Waals surface area contributed by atoms with E-state index in [9.17, 15) is 9.59 Å². The lowest BCUT2D eigenvalue weighted by atomic mass is 10.2. The zero-order chi connectivity index (χ0) is 21.4. The van der Waals surface area contributed by atoms with Crippen LogP contribution in [-0.4, -0.2) is 29.3 Å². The van der Waals surface area contributed by atoms with Gasteiger partial charge in [-0.3, -0.25) is 0 Å². The van der Waals surface area contributed by atoms with Crippen molar-refractivity contribution in [2.75, 3.05) is 11.9 Å². The average molecular weight is 419 g/mol. The van der Waals surface area contributed by atoms with Gasteiger partial charge in [-0.15, -0.1) is 11.3 Å². The molecule has 8 heteroatoms. The number of nitrogens with zero attached hydrogens (tertiary/aromatic N) is 1. The molecule has 158 valence electrons. The fourth-order valence-corrected chi connectivity index (χ4v) is 3.30. The van der Waals surface area contributed by atoms with Gasteiger partial charge in [-0.05, 0) is 38.5 Å². The molecule has 0 radical (unpaired) electrons. The van der Waals surface area contributed by atoms with Gasteiger partial charge in [0, 0.05) is 36.5 Å². The van der Waals surface area contributed by atoms with Gasteiger partial charge in [0.25, 0.3) is 0 Å². The molecule has 1 aromatic heterocycles. The summed E-state index contributed by atoms with van der Waals surface area (Å²) < 4.78 is 5.22. The average Bonchev–Trinajstić information content (AvgIpc) is 3.08. The highest BCUT2D eigenvalue weighted by atomic mass is 32.1. The van der Waals surface area contributed by atoms with Gasteiger partial charge < -0.3 is 20.7 Å². The highest BCUT2D eigenvalue weighted by Crippen LogP contribution is 2.19. The minimum absolute atomic E-state index is 0.276. The fraction of sp³-hybridized carbons (Fsp3) is 0.476. The molecular weight excluding hydrogens is 388 g/mol. The van der Waals surface area contributed by atoms with E-state index in [1.807, 2.05) is 44.4 Å². The Balaban J connectivity index is 1.76. The first-order valence-corrected chi connectivity index (χ1v) is 10.6. The number of rotatable bonds is 7. The largest absolute Gasteiger partial charge is 0.444 e. The van der Waals surface area contributed by atoms with E-state index in [0.29, 0.717) is 31.1 Å². The van der Waals surface area contributed by atoms with Crippen molar-refractivity contribution in [1.82, 2.24) is 15.6 Å². The van der Waals surface area contributed by atoms with Gasteiger partial charge in [0.05, 0.1) is 10.7 Å². The van der Waals surface area contributed by atoms with Gasteiger partial charge in [-0.1, -0.05) is 26.0 Å². The standard InChI is InChI=1S/C21H30N4O3S/c1-14(2)18-24-17(13-29-18)9-10-22-19(26)25-16-8-6-7-15(11-16)12-23-20(27)28-21(3,4)5/h6-8,11,13-14H,9-10,12H2,1-5H3,(H,23,27)(H2,22,25,26). The van der Waals surface area contributed by atoms with E-state index in [1.165, 1.54) is 0 Å². The number of amides is 3. The number of alkyl carbamates (subject to hydrolysis) is 1. The van der Waals surface area contributed by atoms with E-state index in [1.54, 1.807) is 17.4 Å². The Hall–Kier alpha value is -2.61. The SMILES string of the molecule is CC(C)c1nc(CCNC(=O)Nc2cccc(CNC(=O)OC(C)(C)C)c2)cs1. The molecule has 0 aliphatic rings. The normalized spacial score (nSPS) is 11.2. The summed E-state index contributed by atoms with van der Waals surface area (Å²) in [6, 6.07) is 7.03. The molecule has 0 atom stereocenters. The Kier molecular flexibility index (Phi) is 8.01. The number of carbonyl (C=O) groups is 2. The predicted octanol–water partition coefficient (Wildman–Crippen LogP) is 4.66. The summed E-state index contributed by atoms with van der Waals surface area (Å²) in [6.45, 7) is 10.5. The summed E-state index contributed by atoms with van der Waals surface area (Å²) in [7, 11) is 0. The third-order valence-corrected chi connectivity index (χ3v) is 4.94. The highest BCUT2D eigenvalue weighted by molar-refractivity contribution is 7.09. The molecule has 0 saturated carbocycles. The third-order valence-electron chi connectivity index (χ3n) is 3.75. The topological polar surface area (TPSA) is 92.4 Å². The van der Waals surface area contributed by atoms with Crippen LogP contribution in [0.5, 0.6) is 0 Å². The minimum Gasteiger partial charge on any atom is -0.444 e. The van der Waals surface area contributed by atoms with Crippen molar-refractivity contribution in [3.8, 4) is 0 Å². The van der Waals surface area contributed by atoms with Crippen LogP contribution in [0.15, 0.2) is 29.6 Å². The lowest BCUT2D eigenvalue weighted by Gasteiger charge is -2.19. The molecule has 1 aromatic carbocycles. The summed E-state index contributed by atoms with van der Waals surface area (Å²) in [5.74, 6) is 0.419. The van der Waals surface area contributed by atoms with Crippen molar-refractivity contribution >= 4 is 29.1 Å². The fourth-order valence-electron chi connectivity index (χ4n) is 2.43. The molecule has 0 fully saturated rings. The van der Waals surface area contributed by atoms with Crippen molar-refractivity contribution in [1.29, 1.82) is 0 Å². The Morgan fingerprint density at radius 2 is 1.97 bits per heavy atom. The maximum Gasteiger partial charge on any atom is 0.407 e. The van der Waals surface area contributed by atoms with Crippen LogP contribution >= 0.6 is 11.3 Å². The number of anilines is 1. The number of benzene rings is 1. The van der Waals surface area contributed by atoms with Crippen molar-refractivity contribution in [2.45, 2.75) is 59.1 Å². The summed E-state index contributed by atoms with van der Waals surface area (Å²) in [5, 5.41) is 11.5. The van der Waals surface area contributed by atoms with Gasteiger partial charge in [0.2, 0.25) is 0 Å². The summed E-state index contributed by atoms with van der Waals surface area (Å²) in [5.41, 5.74) is 1.97. The molecule has 2 rings (SSSR count). The Morgan fingerprint density at radius 1 is 1.21 bits per heavy atom. The van der Waals surface area contributed by atoms with Gasteiger partial charge in [0.15, 0.2) is 0 Å². The molecule has 3 amide bonds. The van der Waals surface area contributed by atoms with Crippen molar-refractivity contribution in [3.63, 3.8) is 0 Å². The second kappa shape index (κ2) is 10.2. The lowest BCUT2D eigenvalue weighted by molar-refractivity contribution is 0.0523. The number of ether oxygens (including phenoxy) is 1. The minimum atomic E-state index is -0.541. The second-order valence-corrected chi connectivity index (χ2v) is 8.91. The van der Waals surface area contributed by atoms with Crippen LogP contribution < -0.4 is 16.0 Å². The molecule has 0 aliphatic heterocycles. The van der Waals surface area contributed by atoms with Crippen LogP contribution in [0.1, 0.15) is 56.8 Å².